The van der Waals surface area contributed by atoms with Crippen LogP contribution in [0.4, 0.5) is 24.7 Å². The summed E-state index contributed by atoms with van der Waals surface area (Å²) in [6.45, 7) is 7.80. The van der Waals surface area contributed by atoms with Crippen LogP contribution < -0.4 is 10.6 Å². The molecule has 0 bridgehead atoms. The van der Waals surface area contributed by atoms with Crippen LogP contribution in [0.1, 0.15) is 55.1 Å². The first-order valence-electron chi connectivity index (χ1n) is 10.7. The van der Waals surface area contributed by atoms with Crippen LogP contribution in [0.2, 0.25) is 5.02 Å². The van der Waals surface area contributed by atoms with Crippen molar-refractivity contribution in [1.82, 2.24) is 9.88 Å². The Labute approximate surface area is 196 Å². The molecular formula is C23H27ClF3N5O. The number of benzene rings is 1. The van der Waals surface area contributed by atoms with Crippen molar-refractivity contribution in [3.63, 3.8) is 0 Å². The average molecular weight is 482 g/mol. The lowest BCUT2D eigenvalue weighted by atomic mass is 10.0. The number of aromatic nitrogens is 1. The van der Waals surface area contributed by atoms with E-state index in [1.807, 2.05) is 0 Å². The molecule has 0 saturated carbocycles. The number of alkyl halides is 3. The fourth-order valence-corrected chi connectivity index (χ4v) is 4.16. The molecule has 1 aliphatic heterocycles. The molecule has 2 heterocycles. The molecule has 2 aromatic rings. The van der Waals surface area contributed by atoms with Crippen molar-refractivity contribution < 1.29 is 18.0 Å². The lowest BCUT2D eigenvalue weighted by Crippen LogP contribution is -2.42. The van der Waals surface area contributed by atoms with Gasteiger partial charge in [0.25, 0.3) is 5.91 Å². The van der Waals surface area contributed by atoms with Gasteiger partial charge in [-0.15, -0.1) is 0 Å². The molecule has 3 rings (SSSR count). The standard InChI is InChI=1S/C23H27ClF3N5O/c1-13(2)32-10-8-17(9-11-32)30-21-19(14(3)28)20(24)18(12-29-21)22(33)31-16-6-4-15(5-7-16)23(25,26)27/h4-7,12-13,17,28H,8-11H2,1-3H3,(H,29,30)(H,31,33). The summed E-state index contributed by atoms with van der Waals surface area (Å²) < 4.78 is 38.2. The van der Waals surface area contributed by atoms with E-state index in [-0.39, 0.29) is 28.0 Å². The zero-order valence-corrected chi connectivity index (χ0v) is 19.4. The van der Waals surface area contributed by atoms with E-state index in [0.29, 0.717) is 17.4 Å². The lowest BCUT2D eigenvalue weighted by Gasteiger charge is -2.35. The van der Waals surface area contributed by atoms with Crippen LogP contribution in [-0.2, 0) is 6.18 Å². The number of carbonyl (C=O) groups is 1. The molecule has 0 unspecified atom stereocenters. The monoisotopic (exact) mass is 481 g/mol. The third kappa shape index (κ3) is 6.03. The van der Waals surface area contributed by atoms with Crippen molar-refractivity contribution in [2.45, 2.75) is 51.9 Å². The van der Waals surface area contributed by atoms with Crippen LogP contribution >= 0.6 is 11.6 Å². The fraction of sp³-hybridized carbons (Fsp3) is 0.435. The minimum Gasteiger partial charge on any atom is -0.367 e. The molecule has 33 heavy (non-hydrogen) atoms. The van der Waals surface area contributed by atoms with E-state index in [1.54, 1.807) is 6.92 Å². The SMILES string of the molecule is CC(=N)c1c(NC2CCN(C(C)C)CC2)ncc(C(=O)Nc2ccc(C(F)(F)F)cc2)c1Cl. The highest BCUT2D eigenvalue weighted by Gasteiger charge is 2.30. The van der Waals surface area contributed by atoms with Gasteiger partial charge in [-0.25, -0.2) is 4.98 Å². The third-order valence-electron chi connectivity index (χ3n) is 5.71. The first-order chi connectivity index (χ1) is 15.5. The first kappa shape index (κ1) is 25.0. The molecule has 178 valence electrons. The highest BCUT2D eigenvalue weighted by molar-refractivity contribution is 6.38. The maximum atomic E-state index is 12.7. The number of amides is 1. The van der Waals surface area contributed by atoms with Gasteiger partial charge < -0.3 is 20.9 Å². The van der Waals surface area contributed by atoms with Crippen molar-refractivity contribution >= 4 is 34.7 Å². The van der Waals surface area contributed by atoms with Crippen molar-refractivity contribution in [3.8, 4) is 0 Å². The van der Waals surface area contributed by atoms with E-state index in [0.717, 1.165) is 38.1 Å². The van der Waals surface area contributed by atoms with Gasteiger partial charge in [-0.05, 0) is 57.9 Å². The summed E-state index contributed by atoms with van der Waals surface area (Å²) >= 11 is 6.50. The molecule has 10 heteroatoms. The zero-order chi connectivity index (χ0) is 24.3. The Morgan fingerprint density at radius 3 is 2.33 bits per heavy atom. The van der Waals surface area contributed by atoms with Crippen molar-refractivity contribution in [2.75, 3.05) is 23.7 Å². The van der Waals surface area contributed by atoms with Crippen LogP contribution in [0, 0.1) is 5.41 Å². The molecule has 1 amide bonds. The Morgan fingerprint density at radius 1 is 1.21 bits per heavy atom. The van der Waals surface area contributed by atoms with Gasteiger partial charge in [0.2, 0.25) is 0 Å². The Morgan fingerprint density at radius 2 is 1.82 bits per heavy atom. The van der Waals surface area contributed by atoms with Crippen molar-refractivity contribution in [2.24, 2.45) is 0 Å². The molecule has 0 spiro atoms. The number of anilines is 2. The molecule has 1 aromatic heterocycles. The van der Waals surface area contributed by atoms with Gasteiger partial charge in [-0.3, -0.25) is 4.79 Å². The summed E-state index contributed by atoms with van der Waals surface area (Å²) in [5, 5.41) is 14.1. The average Bonchev–Trinajstić information content (AvgIpc) is 2.73. The van der Waals surface area contributed by atoms with Crippen LogP contribution in [0.3, 0.4) is 0 Å². The number of nitrogens with zero attached hydrogens (tertiary/aromatic N) is 2. The quantitative estimate of drug-likeness (QED) is 0.464. The predicted octanol–water partition coefficient (Wildman–Crippen LogP) is 5.68. The molecule has 0 atom stereocenters. The summed E-state index contributed by atoms with van der Waals surface area (Å²) in [5.41, 5.74) is -0.0898. The van der Waals surface area contributed by atoms with Gasteiger partial charge >= 0.3 is 6.18 Å². The molecule has 0 radical (unpaired) electrons. The minimum atomic E-state index is -4.46. The predicted molar refractivity (Wildman–Crippen MR) is 125 cm³/mol. The highest BCUT2D eigenvalue weighted by Crippen LogP contribution is 2.31. The summed E-state index contributed by atoms with van der Waals surface area (Å²) in [6.07, 6.45) is -1.30. The summed E-state index contributed by atoms with van der Waals surface area (Å²) in [5.74, 6) is -0.173. The summed E-state index contributed by atoms with van der Waals surface area (Å²) in [4.78, 5) is 19.5. The Bertz CT molecular complexity index is 1020. The Kier molecular flexibility index (Phi) is 7.64. The minimum absolute atomic E-state index is 0.0401. The number of carbonyl (C=O) groups excluding carboxylic acids is 1. The second-order valence-electron chi connectivity index (χ2n) is 8.41. The molecule has 3 N–H and O–H groups in total. The molecule has 0 aliphatic carbocycles. The van der Waals surface area contributed by atoms with E-state index >= 15 is 0 Å². The highest BCUT2D eigenvalue weighted by atomic mass is 35.5. The van der Waals surface area contributed by atoms with Crippen LogP contribution in [0.15, 0.2) is 30.5 Å². The maximum Gasteiger partial charge on any atom is 0.416 e. The molecule has 1 saturated heterocycles. The maximum absolute atomic E-state index is 12.7. The van der Waals surface area contributed by atoms with Gasteiger partial charge in [-0.2, -0.15) is 13.2 Å². The topological polar surface area (TPSA) is 81.1 Å². The van der Waals surface area contributed by atoms with E-state index in [1.165, 1.54) is 18.3 Å². The smallest absolute Gasteiger partial charge is 0.367 e. The molecular weight excluding hydrogens is 455 g/mol. The van der Waals surface area contributed by atoms with Crippen LogP contribution in [0.25, 0.3) is 0 Å². The van der Waals surface area contributed by atoms with Crippen LogP contribution in [0.5, 0.6) is 0 Å². The van der Waals surface area contributed by atoms with Crippen molar-refractivity contribution in [3.05, 3.63) is 52.2 Å². The van der Waals surface area contributed by atoms with Gasteiger partial charge in [0.05, 0.1) is 21.7 Å². The summed E-state index contributed by atoms with van der Waals surface area (Å²) in [6, 6.07) is 4.78. The molecule has 6 nitrogen and oxygen atoms in total. The largest absolute Gasteiger partial charge is 0.416 e. The fourth-order valence-electron chi connectivity index (χ4n) is 3.79. The Balaban J connectivity index is 1.76. The lowest BCUT2D eigenvalue weighted by molar-refractivity contribution is -0.137. The normalized spacial score (nSPS) is 15.5. The third-order valence-corrected chi connectivity index (χ3v) is 6.10. The number of likely N-dealkylation sites (tertiary alicyclic amines) is 1. The molecule has 1 aromatic carbocycles. The van der Waals surface area contributed by atoms with Crippen molar-refractivity contribution in [1.29, 1.82) is 5.41 Å². The van der Waals surface area contributed by atoms with E-state index < -0.39 is 17.6 Å². The second kappa shape index (κ2) is 10.1. The molecule has 1 aliphatic rings. The summed E-state index contributed by atoms with van der Waals surface area (Å²) in [7, 11) is 0. The number of halogens is 4. The van der Waals surface area contributed by atoms with Gasteiger partial charge in [0.15, 0.2) is 0 Å². The second-order valence-corrected chi connectivity index (χ2v) is 8.79. The van der Waals surface area contributed by atoms with Gasteiger partial charge in [0, 0.05) is 42.8 Å². The number of hydrogen-bond donors (Lipinski definition) is 3. The van der Waals surface area contributed by atoms with E-state index in [9.17, 15) is 18.0 Å². The van der Waals surface area contributed by atoms with Gasteiger partial charge in [-0.1, -0.05) is 11.6 Å². The number of pyridine rings is 1. The number of nitrogens with one attached hydrogen (secondary N) is 3. The van der Waals surface area contributed by atoms with E-state index in [4.69, 9.17) is 17.0 Å². The Hall–Kier alpha value is -2.65. The first-order valence-corrected chi connectivity index (χ1v) is 11.1. The number of piperidine rings is 1. The van der Waals surface area contributed by atoms with E-state index in [2.05, 4.69) is 34.4 Å². The molecule has 1 fully saturated rings. The van der Waals surface area contributed by atoms with Gasteiger partial charge in [0.1, 0.15) is 5.82 Å². The zero-order valence-electron chi connectivity index (χ0n) is 18.7. The van der Waals surface area contributed by atoms with Crippen LogP contribution in [-0.4, -0.2) is 46.7 Å². The number of rotatable bonds is 6. The number of hydrogen-bond acceptors (Lipinski definition) is 5.